The molecule has 1 aromatic heterocycles. The molecule has 2 N–H and O–H groups in total. The first-order valence-electron chi connectivity index (χ1n) is 6.81. The van der Waals surface area contributed by atoms with Crippen LogP contribution in [0, 0.1) is 5.92 Å². The molecule has 0 saturated carbocycles. The van der Waals surface area contributed by atoms with Gasteiger partial charge in [0.25, 0.3) is 5.91 Å². The van der Waals surface area contributed by atoms with Crippen LogP contribution in [0.25, 0.3) is 0 Å². The largest absolute Gasteiger partial charge is 0.370 e. The number of nitrogens with one attached hydrogen (secondary N) is 2. The molecule has 1 aromatic carbocycles. The molecule has 0 saturated heterocycles. The Balaban J connectivity index is 1.96. The smallest absolute Gasteiger partial charge is 0.255 e. The van der Waals surface area contributed by atoms with Crippen LogP contribution in [0.4, 0.5) is 11.5 Å². The van der Waals surface area contributed by atoms with E-state index in [1.807, 2.05) is 12.1 Å². The zero-order valence-electron chi connectivity index (χ0n) is 12.1. The average molecular weight is 304 g/mol. The van der Waals surface area contributed by atoms with Gasteiger partial charge in [-0.2, -0.15) is 0 Å². The Labute approximate surface area is 129 Å². The lowest BCUT2D eigenvalue weighted by Crippen LogP contribution is -2.12. The number of carbonyl (C=O) groups excluding carboxylic acids is 1. The molecular weight excluding hydrogens is 286 g/mol. The van der Waals surface area contributed by atoms with E-state index in [0.717, 1.165) is 12.4 Å². The highest BCUT2D eigenvalue weighted by Gasteiger charge is 2.06. The zero-order valence-corrected chi connectivity index (χ0v) is 12.8. The summed E-state index contributed by atoms with van der Waals surface area (Å²) in [4.78, 5) is 16.3. The van der Waals surface area contributed by atoms with Crippen molar-refractivity contribution >= 4 is 29.0 Å². The number of rotatable bonds is 5. The van der Waals surface area contributed by atoms with Crippen molar-refractivity contribution in [3.05, 3.63) is 53.2 Å². The third-order valence-electron chi connectivity index (χ3n) is 2.82. The minimum absolute atomic E-state index is 0.184. The van der Waals surface area contributed by atoms with Gasteiger partial charge in [-0.1, -0.05) is 25.4 Å². The summed E-state index contributed by atoms with van der Waals surface area (Å²) in [6.45, 7) is 5.13. The summed E-state index contributed by atoms with van der Waals surface area (Å²) in [5.41, 5.74) is 1.21. The Morgan fingerprint density at radius 1 is 1.19 bits per heavy atom. The molecule has 1 amide bonds. The fourth-order valence-corrected chi connectivity index (χ4v) is 1.81. The predicted molar refractivity (Wildman–Crippen MR) is 87.0 cm³/mol. The summed E-state index contributed by atoms with van der Waals surface area (Å²) in [5.74, 6) is 1.17. The second-order valence-electron chi connectivity index (χ2n) is 5.17. The van der Waals surface area contributed by atoms with Gasteiger partial charge in [-0.3, -0.25) is 4.79 Å². The van der Waals surface area contributed by atoms with Gasteiger partial charge in [0.05, 0.1) is 11.9 Å². The lowest BCUT2D eigenvalue weighted by molar-refractivity contribution is 0.102. The third-order valence-corrected chi connectivity index (χ3v) is 3.07. The normalized spacial score (nSPS) is 10.5. The van der Waals surface area contributed by atoms with Crippen molar-refractivity contribution in [3.8, 4) is 0 Å². The van der Waals surface area contributed by atoms with E-state index in [4.69, 9.17) is 11.6 Å². The number of benzene rings is 1. The van der Waals surface area contributed by atoms with Gasteiger partial charge in [0.2, 0.25) is 0 Å². The minimum atomic E-state index is -0.184. The summed E-state index contributed by atoms with van der Waals surface area (Å²) < 4.78 is 0. The number of aromatic nitrogens is 1. The number of hydrogen-bond acceptors (Lipinski definition) is 3. The summed E-state index contributed by atoms with van der Waals surface area (Å²) in [6, 6.07) is 10.4. The van der Waals surface area contributed by atoms with Crippen molar-refractivity contribution < 1.29 is 4.79 Å². The van der Waals surface area contributed by atoms with Gasteiger partial charge >= 0.3 is 0 Å². The fourth-order valence-electron chi connectivity index (χ4n) is 1.69. The lowest BCUT2D eigenvalue weighted by Gasteiger charge is -2.09. The highest BCUT2D eigenvalue weighted by Crippen LogP contribution is 2.13. The van der Waals surface area contributed by atoms with E-state index in [0.29, 0.717) is 22.2 Å². The first-order valence-corrected chi connectivity index (χ1v) is 7.19. The van der Waals surface area contributed by atoms with E-state index in [2.05, 4.69) is 29.5 Å². The topological polar surface area (TPSA) is 54.0 Å². The molecule has 0 radical (unpaired) electrons. The monoisotopic (exact) mass is 303 g/mol. The van der Waals surface area contributed by atoms with E-state index in [1.54, 1.807) is 30.5 Å². The molecule has 0 aliphatic heterocycles. The molecular formula is C16H18ClN3O. The summed E-state index contributed by atoms with van der Waals surface area (Å²) in [6.07, 6.45) is 1.64. The molecule has 0 bridgehead atoms. The first kappa shape index (κ1) is 15.3. The lowest BCUT2D eigenvalue weighted by atomic mass is 10.2. The first-order chi connectivity index (χ1) is 10.0. The number of amides is 1. The molecule has 0 aliphatic rings. The highest BCUT2D eigenvalue weighted by molar-refractivity contribution is 6.30. The van der Waals surface area contributed by atoms with Crippen LogP contribution >= 0.6 is 11.6 Å². The summed E-state index contributed by atoms with van der Waals surface area (Å²) in [5, 5.41) is 6.63. The standard InChI is InChI=1S/C16H18ClN3O/c1-11(2)9-18-15-8-7-14(10-19-15)20-16(21)12-3-5-13(17)6-4-12/h3-8,10-11H,9H2,1-2H3,(H,18,19)(H,20,21). The van der Waals surface area contributed by atoms with Crippen LogP contribution < -0.4 is 10.6 Å². The SMILES string of the molecule is CC(C)CNc1ccc(NC(=O)c2ccc(Cl)cc2)cn1. The molecule has 0 atom stereocenters. The van der Waals surface area contributed by atoms with Gasteiger partial charge in [-0.05, 0) is 42.3 Å². The molecule has 5 heteroatoms. The fraction of sp³-hybridized carbons (Fsp3) is 0.250. The Bertz CT molecular complexity index is 594. The zero-order chi connectivity index (χ0) is 15.2. The van der Waals surface area contributed by atoms with Gasteiger partial charge in [0.15, 0.2) is 0 Å². The van der Waals surface area contributed by atoms with Crippen molar-refractivity contribution in [3.63, 3.8) is 0 Å². The molecule has 0 fully saturated rings. The van der Waals surface area contributed by atoms with Crippen LogP contribution in [0.15, 0.2) is 42.6 Å². The molecule has 1 heterocycles. The maximum Gasteiger partial charge on any atom is 0.255 e. The average Bonchev–Trinajstić information content (AvgIpc) is 2.47. The van der Waals surface area contributed by atoms with E-state index >= 15 is 0 Å². The Kier molecular flexibility index (Phi) is 5.17. The molecule has 2 aromatic rings. The van der Waals surface area contributed by atoms with E-state index < -0.39 is 0 Å². The molecule has 2 rings (SSSR count). The Morgan fingerprint density at radius 2 is 1.90 bits per heavy atom. The molecule has 0 spiro atoms. The van der Waals surface area contributed by atoms with Crippen LogP contribution in [-0.2, 0) is 0 Å². The molecule has 0 unspecified atom stereocenters. The van der Waals surface area contributed by atoms with Crippen molar-refractivity contribution in [1.82, 2.24) is 4.98 Å². The van der Waals surface area contributed by atoms with Gasteiger partial charge < -0.3 is 10.6 Å². The van der Waals surface area contributed by atoms with E-state index in [-0.39, 0.29) is 5.91 Å². The maximum atomic E-state index is 12.0. The quantitative estimate of drug-likeness (QED) is 0.876. The highest BCUT2D eigenvalue weighted by atomic mass is 35.5. The third kappa shape index (κ3) is 4.76. The van der Waals surface area contributed by atoms with Gasteiger partial charge in [0.1, 0.15) is 5.82 Å². The van der Waals surface area contributed by atoms with Crippen LogP contribution in [-0.4, -0.2) is 17.4 Å². The minimum Gasteiger partial charge on any atom is -0.370 e. The summed E-state index contributed by atoms with van der Waals surface area (Å²) >= 11 is 5.80. The van der Waals surface area contributed by atoms with Gasteiger partial charge in [0, 0.05) is 17.1 Å². The van der Waals surface area contributed by atoms with Crippen LogP contribution in [0.1, 0.15) is 24.2 Å². The number of hydrogen-bond donors (Lipinski definition) is 2. The van der Waals surface area contributed by atoms with Crippen molar-refractivity contribution in [2.45, 2.75) is 13.8 Å². The number of nitrogens with zero attached hydrogens (tertiary/aromatic N) is 1. The number of carbonyl (C=O) groups is 1. The molecule has 21 heavy (non-hydrogen) atoms. The number of anilines is 2. The van der Waals surface area contributed by atoms with E-state index in [9.17, 15) is 4.79 Å². The van der Waals surface area contributed by atoms with Crippen LogP contribution in [0.5, 0.6) is 0 Å². The molecule has 110 valence electrons. The maximum absolute atomic E-state index is 12.0. The summed E-state index contributed by atoms with van der Waals surface area (Å²) in [7, 11) is 0. The van der Waals surface area contributed by atoms with Crippen LogP contribution in [0.2, 0.25) is 5.02 Å². The van der Waals surface area contributed by atoms with Crippen LogP contribution in [0.3, 0.4) is 0 Å². The number of pyridine rings is 1. The van der Waals surface area contributed by atoms with Gasteiger partial charge in [-0.25, -0.2) is 4.98 Å². The van der Waals surface area contributed by atoms with Crippen molar-refractivity contribution in [2.24, 2.45) is 5.92 Å². The second kappa shape index (κ2) is 7.09. The Hall–Kier alpha value is -2.07. The van der Waals surface area contributed by atoms with Crippen molar-refractivity contribution in [1.29, 1.82) is 0 Å². The molecule has 4 nitrogen and oxygen atoms in total. The Morgan fingerprint density at radius 3 is 2.48 bits per heavy atom. The predicted octanol–water partition coefficient (Wildman–Crippen LogP) is 4.06. The van der Waals surface area contributed by atoms with Gasteiger partial charge in [-0.15, -0.1) is 0 Å². The molecule has 0 aliphatic carbocycles. The number of halogens is 1. The second-order valence-corrected chi connectivity index (χ2v) is 5.60. The van der Waals surface area contributed by atoms with Crippen molar-refractivity contribution in [2.75, 3.05) is 17.2 Å². The van der Waals surface area contributed by atoms with E-state index in [1.165, 1.54) is 0 Å².